The molecule has 8 heteroatoms. The zero-order valence-electron chi connectivity index (χ0n) is 16.1. The summed E-state index contributed by atoms with van der Waals surface area (Å²) in [5.41, 5.74) is 0.649. The molecule has 8 nitrogen and oxygen atoms in total. The van der Waals surface area contributed by atoms with Gasteiger partial charge < -0.3 is 4.90 Å². The van der Waals surface area contributed by atoms with Crippen LogP contribution >= 0.6 is 0 Å². The third-order valence-corrected chi connectivity index (χ3v) is 4.77. The summed E-state index contributed by atoms with van der Waals surface area (Å²) in [7, 11) is 0. The lowest BCUT2D eigenvalue weighted by molar-refractivity contribution is 0.285. The molecule has 0 atom stereocenters. The van der Waals surface area contributed by atoms with E-state index in [1.165, 1.54) is 4.57 Å². The van der Waals surface area contributed by atoms with Gasteiger partial charge in [-0.25, -0.2) is 14.0 Å². The highest BCUT2D eigenvalue weighted by Gasteiger charge is 2.20. The number of hydrogen-bond donors (Lipinski definition) is 0. The maximum absolute atomic E-state index is 13.1. The molecule has 0 radical (unpaired) electrons. The normalized spacial score (nSPS) is 11.6. The average molecular weight is 370 g/mol. The summed E-state index contributed by atoms with van der Waals surface area (Å²) in [5, 5.41) is 8.31. The molecule has 3 rings (SSSR count). The van der Waals surface area contributed by atoms with Gasteiger partial charge in [0.2, 0.25) is 0 Å². The predicted molar refractivity (Wildman–Crippen MR) is 105 cm³/mol. The lowest BCUT2D eigenvalue weighted by atomic mass is 10.3. The Morgan fingerprint density at radius 1 is 1.00 bits per heavy atom. The molecule has 0 amide bonds. The Kier molecular flexibility index (Phi) is 5.85. The van der Waals surface area contributed by atoms with E-state index in [4.69, 9.17) is 0 Å². The van der Waals surface area contributed by atoms with Gasteiger partial charge >= 0.3 is 5.69 Å². The van der Waals surface area contributed by atoms with E-state index in [1.807, 2.05) is 37.3 Å². The fourth-order valence-electron chi connectivity index (χ4n) is 3.25. The summed E-state index contributed by atoms with van der Waals surface area (Å²) in [6.07, 6.45) is 0.686. The van der Waals surface area contributed by atoms with E-state index in [9.17, 15) is 9.59 Å². The molecule has 0 aliphatic heterocycles. The number of fused-ring (bicyclic) bond motifs is 1. The maximum atomic E-state index is 13.1. The van der Waals surface area contributed by atoms with E-state index in [-0.39, 0.29) is 16.8 Å². The van der Waals surface area contributed by atoms with Gasteiger partial charge in [-0.15, -0.1) is 5.10 Å². The quantitative estimate of drug-likeness (QED) is 0.600. The lowest BCUT2D eigenvalue weighted by Crippen LogP contribution is -2.40. The summed E-state index contributed by atoms with van der Waals surface area (Å²) < 4.78 is 4.47. The second-order valence-corrected chi connectivity index (χ2v) is 6.42. The summed E-state index contributed by atoms with van der Waals surface area (Å²) in [4.78, 5) is 28.2. The molecule has 2 aromatic heterocycles. The Balaban J connectivity index is 2.23. The van der Waals surface area contributed by atoms with Gasteiger partial charge in [0.25, 0.3) is 5.56 Å². The fraction of sp³-hybridized carbons (Fsp3) is 0.474. The highest BCUT2D eigenvalue weighted by Crippen LogP contribution is 2.12. The number of nitrogens with zero attached hydrogens (tertiary/aromatic N) is 6. The second kappa shape index (κ2) is 8.30. The maximum Gasteiger partial charge on any atom is 0.337 e. The minimum Gasteiger partial charge on any atom is -0.302 e. The number of benzene rings is 1. The van der Waals surface area contributed by atoms with Crippen LogP contribution in [0.4, 0.5) is 0 Å². The van der Waals surface area contributed by atoms with E-state index in [1.54, 1.807) is 9.25 Å². The third kappa shape index (κ3) is 3.57. The second-order valence-electron chi connectivity index (χ2n) is 6.42. The van der Waals surface area contributed by atoms with Crippen molar-refractivity contribution in [3.63, 3.8) is 0 Å². The Bertz CT molecular complexity index is 1010. The molecule has 0 aliphatic rings. The first kappa shape index (κ1) is 19.0. The highest BCUT2D eigenvalue weighted by atomic mass is 16.2. The zero-order chi connectivity index (χ0) is 19.4. The minimum atomic E-state index is -0.377. The van der Waals surface area contributed by atoms with E-state index >= 15 is 0 Å². The van der Waals surface area contributed by atoms with Crippen LogP contribution in [0.3, 0.4) is 0 Å². The molecule has 144 valence electrons. The van der Waals surface area contributed by atoms with Crippen molar-refractivity contribution < 1.29 is 0 Å². The van der Waals surface area contributed by atoms with Gasteiger partial charge in [0, 0.05) is 13.1 Å². The van der Waals surface area contributed by atoms with Crippen LogP contribution in [0.15, 0.2) is 39.9 Å². The van der Waals surface area contributed by atoms with Gasteiger partial charge in [-0.1, -0.05) is 44.2 Å². The number of hydrogen-bond acceptors (Lipinski definition) is 5. The Hall–Kier alpha value is -2.74. The average Bonchev–Trinajstić information content (AvgIpc) is 3.11. The predicted octanol–water partition coefficient (Wildman–Crippen LogP) is 1.50. The van der Waals surface area contributed by atoms with Crippen LogP contribution in [0.1, 0.15) is 27.2 Å². The Morgan fingerprint density at radius 3 is 2.33 bits per heavy atom. The van der Waals surface area contributed by atoms with Crippen LogP contribution in [-0.4, -0.2) is 48.7 Å². The third-order valence-electron chi connectivity index (χ3n) is 4.77. The topological polar surface area (TPSA) is 78.0 Å². The molecule has 0 bridgehead atoms. The smallest absolute Gasteiger partial charge is 0.302 e. The van der Waals surface area contributed by atoms with Crippen LogP contribution in [-0.2, 0) is 13.1 Å². The van der Waals surface area contributed by atoms with Crippen molar-refractivity contribution in [3.8, 4) is 5.69 Å². The number of likely N-dealkylation sites (N-methyl/N-ethyl adjacent to an activating group) is 1. The first-order valence-electron chi connectivity index (χ1n) is 9.49. The molecular formula is C19H26N6O2. The molecule has 0 unspecified atom stereocenters. The van der Waals surface area contributed by atoms with E-state index in [2.05, 4.69) is 29.1 Å². The van der Waals surface area contributed by atoms with Gasteiger partial charge in [-0.05, 0) is 31.6 Å². The van der Waals surface area contributed by atoms with Gasteiger partial charge in [-0.3, -0.25) is 9.36 Å². The Labute approximate surface area is 157 Å². The molecule has 3 aromatic rings. The van der Waals surface area contributed by atoms with Crippen molar-refractivity contribution in [3.05, 3.63) is 51.2 Å². The van der Waals surface area contributed by atoms with Crippen molar-refractivity contribution in [1.82, 2.24) is 29.0 Å². The summed E-state index contributed by atoms with van der Waals surface area (Å²) in [6.45, 7) is 9.68. The van der Waals surface area contributed by atoms with Gasteiger partial charge in [0.15, 0.2) is 11.2 Å². The van der Waals surface area contributed by atoms with Crippen molar-refractivity contribution in [2.45, 2.75) is 40.3 Å². The summed E-state index contributed by atoms with van der Waals surface area (Å²) in [5.74, 6) is 0. The first-order chi connectivity index (χ1) is 13.1. The van der Waals surface area contributed by atoms with Crippen molar-refractivity contribution in [2.24, 2.45) is 0 Å². The summed E-state index contributed by atoms with van der Waals surface area (Å²) in [6, 6.07) is 9.33. The van der Waals surface area contributed by atoms with Crippen molar-refractivity contribution >= 4 is 11.2 Å². The zero-order valence-corrected chi connectivity index (χ0v) is 16.1. The first-order valence-corrected chi connectivity index (χ1v) is 9.49. The van der Waals surface area contributed by atoms with E-state index in [0.29, 0.717) is 30.8 Å². The van der Waals surface area contributed by atoms with Crippen LogP contribution in [0.25, 0.3) is 16.9 Å². The molecule has 1 aromatic carbocycles. The van der Waals surface area contributed by atoms with Crippen molar-refractivity contribution in [1.29, 1.82) is 0 Å². The van der Waals surface area contributed by atoms with E-state index in [0.717, 1.165) is 19.6 Å². The largest absolute Gasteiger partial charge is 0.337 e. The number of para-hydroxylation sites is 1. The molecule has 0 saturated carbocycles. The molecule has 0 spiro atoms. The van der Waals surface area contributed by atoms with E-state index < -0.39 is 0 Å². The molecular weight excluding hydrogens is 344 g/mol. The van der Waals surface area contributed by atoms with Crippen LogP contribution in [0.2, 0.25) is 0 Å². The lowest BCUT2D eigenvalue weighted by Gasteiger charge is -2.18. The molecule has 0 N–H and O–H groups in total. The minimum absolute atomic E-state index is 0.228. The molecule has 0 aliphatic carbocycles. The van der Waals surface area contributed by atoms with Crippen LogP contribution in [0.5, 0.6) is 0 Å². The summed E-state index contributed by atoms with van der Waals surface area (Å²) >= 11 is 0. The monoisotopic (exact) mass is 370 g/mol. The molecule has 0 fully saturated rings. The van der Waals surface area contributed by atoms with Gasteiger partial charge in [-0.2, -0.15) is 0 Å². The van der Waals surface area contributed by atoms with Crippen LogP contribution in [0, 0.1) is 0 Å². The molecule has 0 saturated heterocycles. The van der Waals surface area contributed by atoms with Crippen molar-refractivity contribution in [2.75, 3.05) is 19.6 Å². The number of aromatic nitrogens is 5. The van der Waals surface area contributed by atoms with Gasteiger partial charge in [0.1, 0.15) is 0 Å². The molecule has 2 heterocycles. The molecule has 27 heavy (non-hydrogen) atoms. The SMILES string of the molecule is CCCn1c(=O)c2nnn(CCN(CC)CC)c2n(-c2ccccc2)c1=O. The number of rotatable bonds is 8. The van der Waals surface area contributed by atoms with Crippen LogP contribution < -0.4 is 11.2 Å². The fourth-order valence-corrected chi connectivity index (χ4v) is 3.25. The van der Waals surface area contributed by atoms with Gasteiger partial charge in [0.05, 0.1) is 12.2 Å². The Morgan fingerprint density at radius 2 is 1.70 bits per heavy atom. The highest BCUT2D eigenvalue weighted by molar-refractivity contribution is 5.71. The standard InChI is InChI=1S/C19H26N6O2/c1-4-12-23-18(26)16-17(24(21-20-16)14-13-22(5-2)6-3)25(19(23)27)15-10-8-7-9-11-15/h7-11H,4-6,12-14H2,1-3H3.